The van der Waals surface area contributed by atoms with E-state index in [9.17, 15) is 23.5 Å². The van der Waals surface area contributed by atoms with Crippen LogP contribution in [-0.4, -0.2) is 22.5 Å². The lowest BCUT2D eigenvalue weighted by Crippen LogP contribution is -2.52. The Hall–Kier alpha value is -1.98. The first-order valence-electron chi connectivity index (χ1n) is 5.96. The smallest absolute Gasteiger partial charge is 0.329 e. The van der Waals surface area contributed by atoms with Gasteiger partial charge in [0.25, 0.3) is 5.91 Å². The highest BCUT2D eigenvalue weighted by atomic mass is 19.1. The largest absolute Gasteiger partial charge is 0.480 e. The molecule has 1 fully saturated rings. The van der Waals surface area contributed by atoms with Crippen molar-refractivity contribution in [2.45, 2.75) is 31.2 Å². The molecule has 2 N–H and O–H groups in total. The Balaban J connectivity index is 2.28. The van der Waals surface area contributed by atoms with Crippen LogP contribution in [0.1, 0.15) is 36.0 Å². The second-order valence-corrected chi connectivity index (χ2v) is 4.65. The van der Waals surface area contributed by atoms with Crippen LogP contribution in [0.3, 0.4) is 0 Å². The van der Waals surface area contributed by atoms with Gasteiger partial charge in [-0.2, -0.15) is 0 Å². The molecule has 6 heteroatoms. The molecule has 19 heavy (non-hydrogen) atoms. The fraction of sp³-hybridized carbons (Fsp3) is 0.385. The summed E-state index contributed by atoms with van der Waals surface area (Å²) in [6, 6.07) is 3.06. The first-order chi connectivity index (χ1) is 8.96. The molecule has 0 radical (unpaired) electrons. The van der Waals surface area contributed by atoms with Gasteiger partial charge in [0.05, 0.1) is 0 Å². The van der Waals surface area contributed by atoms with Crippen LogP contribution >= 0.6 is 0 Å². The molecular formula is C13H13F2NO3. The van der Waals surface area contributed by atoms with E-state index in [1.807, 2.05) is 0 Å². The van der Waals surface area contributed by atoms with Gasteiger partial charge in [0.1, 0.15) is 22.7 Å². The van der Waals surface area contributed by atoms with E-state index in [-0.39, 0.29) is 12.8 Å². The zero-order valence-electron chi connectivity index (χ0n) is 10.1. The second kappa shape index (κ2) is 4.95. The molecule has 1 saturated carbocycles. The van der Waals surface area contributed by atoms with Crippen LogP contribution in [0.25, 0.3) is 0 Å². The van der Waals surface area contributed by atoms with E-state index >= 15 is 0 Å². The number of carbonyl (C=O) groups is 2. The maximum Gasteiger partial charge on any atom is 0.329 e. The molecule has 0 unspecified atom stereocenters. The highest BCUT2D eigenvalue weighted by molar-refractivity contribution is 5.98. The van der Waals surface area contributed by atoms with E-state index in [1.54, 1.807) is 0 Å². The van der Waals surface area contributed by atoms with Gasteiger partial charge in [-0.3, -0.25) is 4.79 Å². The van der Waals surface area contributed by atoms with Crippen molar-refractivity contribution in [2.24, 2.45) is 0 Å². The molecule has 0 spiro atoms. The lowest BCUT2D eigenvalue weighted by atomic mass is 9.97. The summed E-state index contributed by atoms with van der Waals surface area (Å²) in [5.74, 6) is -4.21. The molecule has 0 aliphatic heterocycles. The van der Waals surface area contributed by atoms with Crippen LogP contribution in [0.2, 0.25) is 0 Å². The minimum Gasteiger partial charge on any atom is -0.480 e. The Kier molecular flexibility index (Phi) is 3.50. The van der Waals surface area contributed by atoms with E-state index in [0.29, 0.717) is 12.8 Å². The molecule has 0 saturated heterocycles. The van der Waals surface area contributed by atoms with Crippen LogP contribution in [0.15, 0.2) is 18.2 Å². The number of carboxylic acid groups (broad SMARTS) is 1. The van der Waals surface area contributed by atoms with Crippen molar-refractivity contribution >= 4 is 11.9 Å². The van der Waals surface area contributed by atoms with Gasteiger partial charge >= 0.3 is 5.97 Å². The Bertz CT molecular complexity index is 504. The third kappa shape index (κ3) is 2.43. The SMILES string of the molecule is O=C(NC1(C(=O)O)CCCC1)c1c(F)cccc1F. The summed E-state index contributed by atoms with van der Waals surface area (Å²) in [6.45, 7) is 0. The maximum atomic E-state index is 13.5. The number of carboxylic acids is 1. The third-order valence-corrected chi connectivity index (χ3v) is 3.41. The summed E-state index contributed by atoms with van der Waals surface area (Å²) >= 11 is 0. The lowest BCUT2D eigenvalue weighted by molar-refractivity contribution is -0.144. The van der Waals surface area contributed by atoms with Gasteiger partial charge in [0, 0.05) is 0 Å². The first kappa shape index (κ1) is 13.5. The number of halogens is 2. The summed E-state index contributed by atoms with van der Waals surface area (Å²) < 4.78 is 26.9. The van der Waals surface area contributed by atoms with Crippen molar-refractivity contribution in [1.29, 1.82) is 0 Å². The second-order valence-electron chi connectivity index (χ2n) is 4.65. The molecule has 0 heterocycles. The number of nitrogens with one attached hydrogen (secondary N) is 1. The molecule has 0 bridgehead atoms. The summed E-state index contributed by atoms with van der Waals surface area (Å²) in [5, 5.41) is 11.5. The van der Waals surface area contributed by atoms with Crippen LogP contribution in [0, 0.1) is 11.6 Å². The topological polar surface area (TPSA) is 66.4 Å². The van der Waals surface area contributed by atoms with Crippen LogP contribution in [0.4, 0.5) is 8.78 Å². The average molecular weight is 269 g/mol. The molecule has 0 atom stereocenters. The van der Waals surface area contributed by atoms with E-state index < -0.39 is 34.6 Å². The number of amides is 1. The summed E-state index contributed by atoms with van der Waals surface area (Å²) in [7, 11) is 0. The summed E-state index contributed by atoms with van der Waals surface area (Å²) in [4.78, 5) is 23.2. The van der Waals surface area contributed by atoms with Crippen molar-refractivity contribution in [3.8, 4) is 0 Å². The molecule has 1 aliphatic carbocycles. The standard InChI is InChI=1S/C13H13F2NO3/c14-8-4-3-5-9(15)10(8)11(17)16-13(12(18)19)6-1-2-7-13/h3-5H,1-2,6-7H2,(H,16,17)(H,18,19). The highest BCUT2D eigenvalue weighted by Gasteiger charge is 2.43. The van der Waals surface area contributed by atoms with Gasteiger partial charge in [-0.15, -0.1) is 0 Å². The number of benzene rings is 1. The number of aliphatic carboxylic acids is 1. The van der Waals surface area contributed by atoms with Crippen LogP contribution in [-0.2, 0) is 4.79 Å². The monoisotopic (exact) mass is 269 g/mol. The van der Waals surface area contributed by atoms with Crippen molar-refractivity contribution in [3.05, 3.63) is 35.4 Å². The number of hydrogen-bond donors (Lipinski definition) is 2. The minimum absolute atomic E-state index is 0.268. The van der Waals surface area contributed by atoms with Crippen molar-refractivity contribution < 1.29 is 23.5 Å². The molecule has 1 aromatic rings. The lowest BCUT2D eigenvalue weighted by Gasteiger charge is -2.25. The van der Waals surface area contributed by atoms with Gasteiger partial charge in [0.15, 0.2) is 0 Å². The van der Waals surface area contributed by atoms with Crippen molar-refractivity contribution in [3.63, 3.8) is 0 Å². The maximum absolute atomic E-state index is 13.5. The van der Waals surface area contributed by atoms with Crippen LogP contribution in [0.5, 0.6) is 0 Å². The van der Waals surface area contributed by atoms with Gasteiger partial charge < -0.3 is 10.4 Å². The van der Waals surface area contributed by atoms with E-state index in [4.69, 9.17) is 0 Å². The Morgan fingerprint density at radius 3 is 2.16 bits per heavy atom. The molecule has 2 rings (SSSR count). The zero-order chi connectivity index (χ0) is 14.0. The van der Waals surface area contributed by atoms with E-state index in [1.165, 1.54) is 0 Å². The van der Waals surface area contributed by atoms with E-state index in [0.717, 1.165) is 18.2 Å². The Morgan fingerprint density at radius 2 is 1.68 bits per heavy atom. The number of rotatable bonds is 3. The first-order valence-corrected chi connectivity index (χ1v) is 5.96. The molecule has 1 aliphatic rings. The zero-order valence-corrected chi connectivity index (χ0v) is 10.1. The molecule has 1 aromatic carbocycles. The summed E-state index contributed by atoms with van der Waals surface area (Å²) in [6.07, 6.45) is 1.85. The predicted molar refractivity (Wildman–Crippen MR) is 62.7 cm³/mol. The fourth-order valence-electron chi connectivity index (χ4n) is 2.37. The van der Waals surface area contributed by atoms with Crippen LogP contribution < -0.4 is 5.32 Å². The normalized spacial score (nSPS) is 17.2. The molecule has 102 valence electrons. The molecular weight excluding hydrogens is 256 g/mol. The quantitative estimate of drug-likeness (QED) is 0.883. The highest BCUT2D eigenvalue weighted by Crippen LogP contribution is 2.30. The van der Waals surface area contributed by atoms with Crippen molar-refractivity contribution in [1.82, 2.24) is 5.32 Å². The molecule has 4 nitrogen and oxygen atoms in total. The minimum atomic E-state index is -1.41. The Morgan fingerprint density at radius 1 is 1.16 bits per heavy atom. The summed E-state index contributed by atoms with van der Waals surface area (Å²) in [5.41, 5.74) is -2.15. The number of hydrogen-bond acceptors (Lipinski definition) is 2. The van der Waals surface area contributed by atoms with Crippen molar-refractivity contribution in [2.75, 3.05) is 0 Å². The van der Waals surface area contributed by atoms with Gasteiger partial charge in [-0.1, -0.05) is 18.9 Å². The molecule has 1 amide bonds. The third-order valence-electron chi connectivity index (χ3n) is 3.41. The Labute approximate surface area is 108 Å². The van der Waals surface area contributed by atoms with Gasteiger partial charge in [-0.05, 0) is 25.0 Å². The van der Waals surface area contributed by atoms with E-state index in [2.05, 4.69) is 5.32 Å². The van der Waals surface area contributed by atoms with Gasteiger partial charge in [-0.25, -0.2) is 13.6 Å². The number of carbonyl (C=O) groups excluding carboxylic acids is 1. The average Bonchev–Trinajstić information content (AvgIpc) is 2.78. The van der Waals surface area contributed by atoms with Gasteiger partial charge in [0.2, 0.25) is 0 Å². The fourth-order valence-corrected chi connectivity index (χ4v) is 2.37. The predicted octanol–water partition coefficient (Wildman–Crippen LogP) is 2.09. The molecule has 0 aromatic heterocycles.